The van der Waals surface area contributed by atoms with Crippen LogP contribution in [0.4, 0.5) is 0 Å². The fourth-order valence-corrected chi connectivity index (χ4v) is 2.15. The molecule has 0 aliphatic heterocycles. The van der Waals surface area contributed by atoms with E-state index < -0.39 is 0 Å². The molecule has 4 rings (SSSR count). The summed E-state index contributed by atoms with van der Waals surface area (Å²) in [6.45, 7) is 4.24. The van der Waals surface area contributed by atoms with Crippen LogP contribution in [-0.4, -0.2) is 20.2 Å². The van der Waals surface area contributed by atoms with Crippen molar-refractivity contribution in [2.45, 2.75) is 13.8 Å². The van der Waals surface area contributed by atoms with Crippen LogP contribution in [0.5, 0.6) is 0 Å². The number of benzene rings is 1. The fourth-order valence-electron chi connectivity index (χ4n) is 2.15. The van der Waals surface area contributed by atoms with Crippen molar-refractivity contribution >= 4 is 10.8 Å². The molecule has 3 aromatic carbocycles. The Morgan fingerprint density at radius 3 is 2.33 bits per heavy atom. The van der Waals surface area contributed by atoms with Crippen LogP contribution in [-0.2, 0) is 21.7 Å². The number of nitrogens with zero attached hydrogens (tertiary/aromatic N) is 4. The third kappa shape index (κ3) is 5.28. The van der Waals surface area contributed by atoms with Crippen molar-refractivity contribution < 1.29 is 46.5 Å². The Morgan fingerprint density at radius 1 is 1.08 bits per heavy atom. The van der Waals surface area contributed by atoms with Crippen molar-refractivity contribution in [2.24, 2.45) is 0 Å². The summed E-state index contributed by atoms with van der Waals surface area (Å²) in [7, 11) is 0. The van der Waals surface area contributed by atoms with Gasteiger partial charge >= 0.3 is 21.7 Å². The van der Waals surface area contributed by atoms with Gasteiger partial charge in [0.15, 0.2) is 0 Å². The second-order valence-electron chi connectivity index (χ2n) is 4.99. The van der Waals surface area contributed by atoms with E-state index in [-0.39, 0.29) is 46.5 Å². The summed E-state index contributed by atoms with van der Waals surface area (Å²) < 4.78 is 1.65. The molecule has 4 nitrogen and oxygen atoms in total. The minimum Gasteiger partial charge on any atom is -1.00 e. The Morgan fingerprint density at radius 2 is 1.83 bits per heavy atom. The maximum absolute atomic E-state index is 3.84. The molecule has 0 N–H and O–H groups in total. The third-order valence-electron chi connectivity index (χ3n) is 3.53. The monoisotopic (exact) mass is 394 g/mol. The summed E-state index contributed by atoms with van der Waals surface area (Å²) in [4.78, 5) is 0. The number of rotatable bonds is 1. The van der Waals surface area contributed by atoms with Crippen molar-refractivity contribution in [1.82, 2.24) is 20.2 Å². The van der Waals surface area contributed by atoms with Gasteiger partial charge in [0.05, 0.1) is 0 Å². The zero-order valence-corrected chi connectivity index (χ0v) is 16.4. The van der Waals surface area contributed by atoms with Crippen LogP contribution in [0.2, 0.25) is 0 Å². The van der Waals surface area contributed by atoms with Gasteiger partial charge in [-0.3, -0.25) is 0 Å². The molecule has 0 aliphatic rings. The van der Waals surface area contributed by atoms with Crippen LogP contribution in [0, 0.1) is 13.8 Å². The van der Waals surface area contributed by atoms with Crippen LogP contribution in [0.15, 0.2) is 60.9 Å². The first-order valence-electron chi connectivity index (χ1n) is 6.82. The average Bonchev–Trinajstić information content (AvgIpc) is 3.21. The standard InChI is InChI=1S/C10H7N4.C7H9.2ClH.Ti/c1-2-4-9-6-10(5-8(9)3-1)14-7-11-12-13-14;1-6-4-3-5-7(6)2;;;/h1-7H;3-5H,1-2H3;2*1H;/q2*-1;;;+4/p-2. The maximum atomic E-state index is 3.84. The van der Waals surface area contributed by atoms with Crippen molar-refractivity contribution in [1.29, 1.82) is 0 Å². The first kappa shape index (κ1) is 22.5. The summed E-state index contributed by atoms with van der Waals surface area (Å²) in [5, 5.41) is 13.5. The van der Waals surface area contributed by atoms with Crippen molar-refractivity contribution in [2.75, 3.05) is 0 Å². The topological polar surface area (TPSA) is 43.6 Å². The van der Waals surface area contributed by atoms with Crippen molar-refractivity contribution in [3.05, 3.63) is 72.1 Å². The van der Waals surface area contributed by atoms with Gasteiger partial charge in [0.25, 0.3) is 0 Å². The van der Waals surface area contributed by atoms with Gasteiger partial charge in [-0.15, -0.1) is 46.2 Å². The first-order valence-corrected chi connectivity index (χ1v) is 6.82. The predicted molar refractivity (Wildman–Crippen MR) is 83.8 cm³/mol. The summed E-state index contributed by atoms with van der Waals surface area (Å²) in [6, 6.07) is 18.6. The molecule has 122 valence electrons. The number of hydrogen-bond acceptors (Lipinski definition) is 3. The number of fused-ring (bicyclic) bond motifs is 1. The normalized spacial score (nSPS) is 9.08. The van der Waals surface area contributed by atoms with Gasteiger partial charge in [-0.05, 0) is 16.1 Å². The van der Waals surface area contributed by atoms with E-state index >= 15 is 0 Å². The van der Waals surface area contributed by atoms with E-state index in [4.69, 9.17) is 0 Å². The average molecular weight is 395 g/mol. The summed E-state index contributed by atoms with van der Waals surface area (Å²) in [5.74, 6) is 0. The zero-order valence-electron chi connectivity index (χ0n) is 13.3. The molecule has 0 unspecified atom stereocenters. The summed E-state index contributed by atoms with van der Waals surface area (Å²) >= 11 is 0. The van der Waals surface area contributed by atoms with E-state index in [0.717, 1.165) is 5.69 Å². The van der Waals surface area contributed by atoms with Gasteiger partial charge in [-0.1, -0.05) is 19.9 Å². The molecule has 1 aromatic heterocycles. The number of tetrazole rings is 1. The van der Waals surface area contributed by atoms with Crippen LogP contribution in [0.3, 0.4) is 0 Å². The third-order valence-corrected chi connectivity index (χ3v) is 3.53. The second kappa shape index (κ2) is 10.4. The Balaban J connectivity index is 0.000000463. The Hall–Kier alpha value is -1.46. The largest absolute Gasteiger partial charge is 4.00 e. The molecule has 0 fully saturated rings. The Bertz CT molecular complexity index is 788. The quantitative estimate of drug-likeness (QED) is 0.266. The molecule has 0 saturated carbocycles. The molecular weight excluding hydrogens is 379 g/mol. The molecule has 0 aliphatic carbocycles. The van der Waals surface area contributed by atoms with Crippen LogP contribution in [0.1, 0.15) is 11.1 Å². The Kier molecular flexibility index (Phi) is 9.79. The van der Waals surface area contributed by atoms with Crippen molar-refractivity contribution in [3.8, 4) is 5.69 Å². The van der Waals surface area contributed by atoms with Gasteiger partial charge in [-0.25, -0.2) is 16.8 Å². The minimum atomic E-state index is 0. The van der Waals surface area contributed by atoms with E-state index in [1.165, 1.54) is 21.9 Å². The molecule has 24 heavy (non-hydrogen) atoms. The van der Waals surface area contributed by atoms with Gasteiger partial charge in [0, 0.05) is 0 Å². The molecule has 7 heteroatoms. The van der Waals surface area contributed by atoms with Crippen LogP contribution in [0.25, 0.3) is 16.5 Å². The van der Waals surface area contributed by atoms with E-state index in [2.05, 4.69) is 71.8 Å². The molecular formula is C17H16Cl2N4Ti. The molecule has 0 atom stereocenters. The second-order valence-corrected chi connectivity index (χ2v) is 4.99. The van der Waals surface area contributed by atoms with Gasteiger partial charge in [0.2, 0.25) is 0 Å². The smallest absolute Gasteiger partial charge is 1.00 e. The van der Waals surface area contributed by atoms with Crippen LogP contribution < -0.4 is 24.8 Å². The first-order chi connectivity index (χ1) is 10.2. The maximum Gasteiger partial charge on any atom is 4.00 e. The minimum absolute atomic E-state index is 0. The zero-order chi connectivity index (χ0) is 14.7. The van der Waals surface area contributed by atoms with E-state index in [1.807, 2.05) is 12.1 Å². The number of hydrogen-bond donors (Lipinski definition) is 0. The van der Waals surface area contributed by atoms with E-state index in [1.54, 1.807) is 11.0 Å². The van der Waals surface area contributed by atoms with Gasteiger partial charge in [0.1, 0.15) is 6.33 Å². The molecule has 1 heterocycles. The van der Waals surface area contributed by atoms with E-state index in [9.17, 15) is 0 Å². The molecule has 0 amide bonds. The molecule has 0 spiro atoms. The summed E-state index contributed by atoms with van der Waals surface area (Å²) in [5.41, 5.74) is 3.77. The number of halogens is 2. The predicted octanol–water partition coefficient (Wildman–Crippen LogP) is -2.44. The molecule has 0 saturated heterocycles. The molecule has 4 aromatic rings. The van der Waals surface area contributed by atoms with Crippen molar-refractivity contribution in [3.63, 3.8) is 0 Å². The SMILES string of the molecule is Cc1ccc[c-]1C.[Cl-].[Cl-].[Ti+4].c1ccc2[cH-]c(-n3cnnn3)cc2c1. The fraction of sp³-hybridized carbons (Fsp3) is 0.118. The molecule has 0 bridgehead atoms. The summed E-state index contributed by atoms with van der Waals surface area (Å²) in [6.07, 6.45) is 1.59. The van der Waals surface area contributed by atoms with Gasteiger partial charge in [-0.2, -0.15) is 17.2 Å². The number of aryl methyl sites for hydroxylation is 2. The van der Waals surface area contributed by atoms with Crippen LogP contribution >= 0.6 is 0 Å². The number of aromatic nitrogens is 4. The molecule has 0 radical (unpaired) electrons. The van der Waals surface area contributed by atoms with Gasteiger partial charge < -0.3 is 24.8 Å². The Labute approximate surface area is 168 Å². The van der Waals surface area contributed by atoms with E-state index in [0.29, 0.717) is 0 Å².